The van der Waals surface area contributed by atoms with Crippen molar-refractivity contribution in [3.8, 4) is 0 Å². The molecule has 0 aromatic heterocycles. The summed E-state index contributed by atoms with van der Waals surface area (Å²) in [7, 11) is 0. The molecule has 20 heavy (non-hydrogen) atoms. The molecular weight excluding hydrogens is 248 g/mol. The average molecular weight is 272 g/mol. The van der Waals surface area contributed by atoms with E-state index in [-0.39, 0.29) is 5.91 Å². The van der Waals surface area contributed by atoms with Crippen molar-refractivity contribution in [2.75, 3.05) is 19.6 Å². The Morgan fingerprint density at radius 2 is 2.00 bits per heavy atom. The lowest BCUT2D eigenvalue weighted by atomic mass is 10.0. The fourth-order valence-corrected chi connectivity index (χ4v) is 2.60. The van der Waals surface area contributed by atoms with Gasteiger partial charge in [-0.25, -0.2) is 0 Å². The van der Waals surface area contributed by atoms with Gasteiger partial charge in [-0.05, 0) is 37.4 Å². The number of hydrogen-bond acceptors (Lipinski definition) is 2. The van der Waals surface area contributed by atoms with Crippen molar-refractivity contribution in [1.29, 1.82) is 0 Å². The zero-order valence-electron chi connectivity index (χ0n) is 12.2. The number of carbonyl (C=O) groups excluding carboxylic acids is 1. The van der Waals surface area contributed by atoms with Gasteiger partial charge >= 0.3 is 0 Å². The van der Waals surface area contributed by atoms with Gasteiger partial charge in [0.1, 0.15) is 0 Å². The fourth-order valence-electron chi connectivity index (χ4n) is 2.60. The molecule has 1 aromatic rings. The molecule has 0 radical (unpaired) electrons. The highest BCUT2D eigenvalue weighted by molar-refractivity contribution is 5.91. The number of amides is 1. The van der Waals surface area contributed by atoms with E-state index in [1.54, 1.807) is 6.08 Å². The van der Waals surface area contributed by atoms with E-state index in [9.17, 15) is 4.79 Å². The fraction of sp³-hybridized carbons (Fsp3) is 0.471. The predicted octanol–water partition coefficient (Wildman–Crippen LogP) is 2.69. The van der Waals surface area contributed by atoms with Crippen LogP contribution >= 0.6 is 0 Å². The molecule has 2 rings (SSSR count). The van der Waals surface area contributed by atoms with E-state index in [0.717, 1.165) is 31.5 Å². The molecule has 1 aliphatic heterocycles. The Morgan fingerprint density at radius 1 is 1.30 bits per heavy atom. The molecule has 0 saturated carbocycles. The first-order valence-corrected chi connectivity index (χ1v) is 7.54. The van der Waals surface area contributed by atoms with Crippen LogP contribution in [0.3, 0.4) is 0 Å². The van der Waals surface area contributed by atoms with Crippen LogP contribution in [-0.2, 0) is 4.79 Å². The van der Waals surface area contributed by atoms with Crippen LogP contribution in [0.5, 0.6) is 0 Å². The minimum Gasteiger partial charge on any atom is -0.350 e. The zero-order valence-corrected chi connectivity index (χ0v) is 12.2. The Hall–Kier alpha value is -1.61. The van der Waals surface area contributed by atoms with Gasteiger partial charge in [0.2, 0.25) is 5.91 Å². The monoisotopic (exact) mass is 272 g/mol. The number of hydrogen-bond donors (Lipinski definition) is 1. The Labute approximate surface area is 121 Å². The van der Waals surface area contributed by atoms with Crippen LogP contribution in [-0.4, -0.2) is 36.5 Å². The summed E-state index contributed by atoms with van der Waals surface area (Å²) in [6.07, 6.45) is 6.82. The Bertz CT molecular complexity index is 434. The number of likely N-dealkylation sites (tertiary alicyclic amines) is 1. The number of nitrogens with one attached hydrogen (secondary N) is 1. The van der Waals surface area contributed by atoms with Gasteiger partial charge < -0.3 is 10.2 Å². The molecule has 108 valence electrons. The van der Waals surface area contributed by atoms with Crippen molar-refractivity contribution in [1.82, 2.24) is 10.2 Å². The van der Waals surface area contributed by atoms with Gasteiger partial charge in [0.05, 0.1) is 0 Å². The minimum absolute atomic E-state index is 0.0165. The molecule has 3 heteroatoms. The van der Waals surface area contributed by atoms with E-state index in [0.29, 0.717) is 6.04 Å². The van der Waals surface area contributed by atoms with Crippen LogP contribution in [0, 0.1) is 0 Å². The van der Waals surface area contributed by atoms with Gasteiger partial charge in [-0.1, -0.05) is 37.3 Å². The summed E-state index contributed by atoms with van der Waals surface area (Å²) in [4.78, 5) is 14.4. The van der Waals surface area contributed by atoms with Crippen LogP contribution < -0.4 is 5.32 Å². The van der Waals surface area contributed by atoms with E-state index in [4.69, 9.17) is 0 Å². The maximum absolute atomic E-state index is 11.9. The third-order valence-corrected chi connectivity index (χ3v) is 3.70. The molecule has 1 saturated heterocycles. The van der Waals surface area contributed by atoms with E-state index in [2.05, 4.69) is 17.1 Å². The zero-order chi connectivity index (χ0) is 14.2. The number of benzene rings is 1. The average Bonchev–Trinajstić information content (AvgIpc) is 2.49. The van der Waals surface area contributed by atoms with Gasteiger partial charge in [-0.2, -0.15) is 0 Å². The molecule has 1 aromatic carbocycles. The molecule has 0 atom stereocenters. The molecule has 0 bridgehead atoms. The summed E-state index contributed by atoms with van der Waals surface area (Å²) in [6, 6.07) is 10.2. The van der Waals surface area contributed by atoms with Crippen LogP contribution in [0.4, 0.5) is 0 Å². The smallest absolute Gasteiger partial charge is 0.244 e. The summed E-state index contributed by atoms with van der Waals surface area (Å²) in [5.74, 6) is 0.0165. The first-order valence-electron chi connectivity index (χ1n) is 7.54. The first kappa shape index (κ1) is 14.8. The van der Waals surface area contributed by atoms with Crippen LogP contribution in [0.2, 0.25) is 0 Å². The number of rotatable bonds is 5. The topological polar surface area (TPSA) is 32.3 Å². The van der Waals surface area contributed by atoms with Crippen LogP contribution in [0.15, 0.2) is 36.4 Å². The van der Waals surface area contributed by atoms with Crippen molar-refractivity contribution >= 4 is 12.0 Å². The molecule has 0 aliphatic carbocycles. The number of carbonyl (C=O) groups is 1. The second kappa shape index (κ2) is 7.85. The van der Waals surface area contributed by atoms with Crippen molar-refractivity contribution in [2.24, 2.45) is 0 Å². The predicted molar refractivity (Wildman–Crippen MR) is 83.4 cm³/mol. The third kappa shape index (κ3) is 4.82. The summed E-state index contributed by atoms with van der Waals surface area (Å²) in [5.41, 5.74) is 1.06. The van der Waals surface area contributed by atoms with Crippen molar-refractivity contribution in [2.45, 2.75) is 32.2 Å². The Morgan fingerprint density at radius 3 is 2.65 bits per heavy atom. The lowest BCUT2D eigenvalue weighted by Crippen LogP contribution is -2.44. The lowest BCUT2D eigenvalue weighted by molar-refractivity contribution is -0.117. The largest absolute Gasteiger partial charge is 0.350 e. The third-order valence-electron chi connectivity index (χ3n) is 3.70. The molecule has 3 nitrogen and oxygen atoms in total. The molecular formula is C17H24N2O. The van der Waals surface area contributed by atoms with Gasteiger partial charge in [0.15, 0.2) is 0 Å². The normalized spacial score (nSPS) is 17.4. The van der Waals surface area contributed by atoms with Crippen molar-refractivity contribution in [3.63, 3.8) is 0 Å². The van der Waals surface area contributed by atoms with Gasteiger partial charge in [-0.15, -0.1) is 0 Å². The highest BCUT2D eigenvalue weighted by Crippen LogP contribution is 2.10. The second-order valence-corrected chi connectivity index (χ2v) is 5.37. The maximum Gasteiger partial charge on any atom is 0.244 e. The minimum atomic E-state index is 0.0165. The Balaban J connectivity index is 1.74. The lowest BCUT2D eigenvalue weighted by Gasteiger charge is -2.31. The Kier molecular flexibility index (Phi) is 5.81. The molecule has 1 aliphatic rings. The van der Waals surface area contributed by atoms with Gasteiger partial charge in [0.25, 0.3) is 0 Å². The van der Waals surface area contributed by atoms with Gasteiger partial charge in [0, 0.05) is 25.2 Å². The summed E-state index contributed by atoms with van der Waals surface area (Å²) in [5, 5.41) is 3.10. The van der Waals surface area contributed by atoms with Crippen molar-refractivity contribution < 1.29 is 4.79 Å². The standard InChI is InChI=1S/C17H24N2O/c1-2-12-19-13-10-16(11-14-19)18-17(20)9-8-15-6-4-3-5-7-15/h3-9,16H,2,10-14H2,1H3,(H,18,20)/b9-8+. The quantitative estimate of drug-likeness (QED) is 0.836. The first-order chi connectivity index (χ1) is 9.78. The maximum atomic E-state index is 11.9. The number of nitrogens with zero attached hydrogens (tertiary/aromatic N) is 1. The van der Waals surface area contributed by atoms with E-state index < -0.39 is 0 Å². The molecule has 0 spiro atoms. The molecule has 1 amide bonds. The summed E-state index contributed by atoms with van der Waals surface area (Å²) in [6.45, 7) is 5.58. The molecule has 1 fully saturated rings. The summed E-state index contributed by atoms with van der Waals surface area (Å²) >= 11 is 0. The van der Waals surface area contributed by atoms with E-state index >= 15 is 0 Å². The molecule has 1 N–H and O–H groups in total. The number of piperidine rings is 1. The van der Waals surface area contributed by atoms with E-state index in [1.165, 1.54) is 13.0 Å². The van der Waals surface area contributed by atoms with Crippen LogP contribution in [0.25, 0.3) is 6.08 Å². The van der Waals surface area contributed by atoms with Crippen molar-refractivity contribution in [3.05, 3.63) is 42.0 Å². The molecule has 0 unspecified atom stereocenters. The van der Waals surface area contributed by atoms with Gasteiger partial charge in [-0.3, -0.25) is 4.79 Å². The highest BCUT2D eigenvalue weighted by atomic mass is 16.1. The highest BCUT2D eigenvalue weighted by Gasteiger charge is 2.19. The second-order valence-electron chi connectivity index (χ2n) is 5.37. The summed E-state index contributed by atoms with van der Waals surface area (Å²) < 4.78 is 0. The van der Waals surface area contributed by atoms with E-state index in [1.807, 2.05) is 36.4 Å². The SMILES string of the molecule is CCCN1CCC(NC(=O)/C=C/c2ccccc2)CC1. The molecule has 1 heterocycles. The van der Waals surface area contributed by atoms with Crippen LogP contribution in [0.1, 0.15) is 31.7 Å².